The van der Waals surface area contributed by atoms with E-state index in [9.17, 15) is 0 Å². The SMILES string of the molecule is COC1CN(N)CC1n1cccn1. The largest absolute Gasteiger partial charge is 0.378 e. The normalized spacial score (nSPS) is 29.7. The van der Waals surface area contributed by atoms with Crippen LogP contribution in [-0.2, 0) is 4.74 Å². The molecule has 2 N–H and O–H groups in total. The van der Waals surface area contributed by atoms with Crippen LogP contribution in [0.15, 0.2) is 18.5 Å². The van der Waals surface area contributed by atoms with Gasteiger partial charge in [-0.1, -0.05) is 0 Å². The minimum atomic E-state index is 0.143. The Morgan fingerprint density at radius 3 is 3.00 bits per heavy atom. The van der Waals surface area contributed by atoms with Crippen LogP contribution < -0.4 is 5.84 Å². The molecule has 0 aromatic carbocycles. The van der Waals surface area contributed by atoms with Crippen LogP contribution in [0.5, 0.6) is 0 Å². The molecule has 2 unspecified atom stereocenters. The Labute approximate surface area is 77.0 Å². The van der Waals surface area contributed by atoms with Crippen molar-refractivity contribution in [1.29, 1.82) is 0 Å². The van der Waals surface area contributed by atoms with E-state index in [1.807, 2.05) is 16.9 Å². The van der Waals surface area contributed by atoms with Crippen molar-refractivity contribution in [3.8, 4) is 0 Å². The highest BCUT2D eigenvalue weighted by atomic mass is 16.5. The van der Waals surface area contributed by atoms with Gasteiger partial charge < -0.3 is 4.74 Å². The summed E-state index contributed by atoms with van der Waals surface area (Å²) in [5, 5.41) is 5.95. The van der Waals surface area contributed by atoms with Crippen molar-refractivity contribution >= 4 is 0 Å². The Bertz CT molecular complexity index is 261. The standard InChI is InChI=1S/C8H14N4O/c1-13-8-6-11(9)5-7(8)12-4-2-3-10-12/h2-4,7-8H,5-6,9H2,1H3. The highest BCUT2D eigenvalue weighted by Gasteiger charge is 2.32. The van der Waals surface area contributed by atoms with Crippen molar-refractivity contribution in [1.82, 2.24) is 14.8 Å². The van der Waals surface area contributed by atoms with Crippen LogP contribution in [0.1, 0.15) is 6.04 Å². The van der Waals surface area contributed by atoms with Crippen LogP contribution >= 0.6 is 0 Å². The molecule has 1 fully saturated rings. The predicted octanol–water partition coefficient (Wildman–Crippen LogP) is -0.371. The molecule has 0 saturated carbocycles. The lowest BCUT2D eigenvalue weighted by molar-refractivity contribution is 0.0782. The molecule has 5 nitrogen and oxygen atoms in total. The lowest BCUT2D eigenvalue weighted by Crippen LogP contribution is -2.29. The van der Waals surface area contributed by atoms with Crippen molar-refractivity contribution in [3.63, 3.8) is 0 Å². The number of hydrogen-bond donors (Lipinski definition) is 1. The maximum atomic E-state index is 5.71. The fourth-order valence-corrected chi connectivity index (χ4v) is 1.75. The molecule has 72 valence electrons. The van der Waals surface area contributed by atoms with E-state index in [0.29, 0.717) is 0 Å². The first-order chi connectivity index (χ1) is 6.31. The minimum absolute atomic E-state index is 0.143. The number of ether oxygens (including phenoxy) is 1. The Morgan fingerprint density at radius 1 is 1.54 bits per heavy atom. The third kappa shape index (κ3) is 1.58. The molecular weight excluding hydrogens is 168 g/mol. The second kappa shape index (κ2) is 3.45. The van der Waals surface area contributed by atoms with Crippen LogP contribution in [0, 0.1) is 0 Å². The monoisotopic (exact) mass is 182 g/mol. The number of methoxy groups -OCH3 is 1. The molecule has 1 aliphatic heterocycles. The van der Waals surface area contributed by atoms with Gasteiger partial charge in [-0.15, -0.1) is 0 Å². The fraction of sp³-hybridized carbons (Fsp3) is 0.625. The Kier molecular flexibility index (Phi) is 2.30. The smallest absolute Gasteiger partial charge is 0.0948 e. The molecule has 1 aliphatic rings. The van der Waals surface area contributed by atoms with Crippen molar-refractivity contribution in [2.75, 3.05) is 20.2 Å². The van der Waals surface area contributed by atoms with E-state index in [1.54, 1.807) is 18.3 Å². The second-order valence-corrected chi connectivity index (χ2v) is 3.28. The molecule has 0 amide bonds. The molecular formula is C8H14N4O. The van der Waals surface area contributed by atoms with Gasteiger partial charge in [0, 0.05) is 32.6 Å². The van der Waals surface area contributed by atoms with Crippen LogP contribution in [0.4, 0.5) is 0 Å². The van der Waals surface area contributed by atoms with Crippen molar-refractivity contribution in [2.24, 2.45) is 5.84 Å². The van der Waals surface area contributed by atoms with Crippen molar-refractivity contribution in [2.45, 2.75) is 12.1 Å². The van der Waals surface area contributed by atoms with Crippen molar-refractivity contribution in [3.05, 3.63) is 18.5 Å². The zero-order chi connectivity index (χ0) is 9.26. The van der Waals surface area contributed by atoms with E-state index in [2.05, 4.69) is 5.10 Å². The van der Waals surface area contributed by atoms with Gasteiger partial charge in [0.25, 0.3) is 0 Å². The van der Waals surface area contributed by atoms with Gasteiger partial charge >= 0.3 is 0 Å². The lowest BCUT2D eigenvalue weighted by atomic mass is 10.2. The van der Waals surface area contributed by atoms with E-state index in [-0.39, 0.29) is 12.1 Å². The molecule has 2 heterocycles. The molecule has 0 radical (unpaired) electrons. The first-order valence-electron chi connectivity index (χ1n) is 4.33. The average molecular weight is 182 g/mol. The zero-order valence-corrected chi connectivity index (χ0v) is 7.63. The van der Waals surface area contributed by atoms with Crippen LogP contribution in [0.25, 0.3) is 0 Å². The summed E-state index contributed by atoms with van der Waals surface area (Å²) in [6, 6.07) is 2.15. The van der Waals surface area contributed by atoms with Gasteiger partial charge in [-0.05, 0) is 6.07 Å². The molecule has 5 heteroatoms. The summed E-state index contributed by atoms with van der Waals surface area (Å²) >= 11 is 0. The zero-order valence-electron chi connectivity index (χ0n) is 7.63. The summed E-state index contributed by atoms with van der Waals surface area (Å²) in [5.41, 5.74) is 0. The maximum Gasteiger partial charge on any atom is 0.0948 e. The summed E-state index contributed by atoms with van der Waals surface area (Å²) in [6.07, 6.45) is 3.85. The molecule has 1 saturated heterocycles. The molecule has 1 aromatic rings. The summed E-state index contributed by atoms with van der Waals surface area (Å²) in [5.74, 6) is 5.71. The number of aromatic nitrogens is 2. The molecule has 2 atom stereocenters. The van der Waals surface area contributed by atoms with Gasteiger partial charge in [0.1, 0.15) is 0 Å². The van der Waals surface area contributed by atoms with Gasteiger partial charge in [0.2, 0.25) is 0 Å². The first-order valence-corrected chi connectivity index (χ1v) is 4.33. The Morgan fingerprint density at radius 2 is 2.38 bits per heavy atom. The first kappa shape index (κ1) is 8.68. The Hall–Kier alpha value is -0.910. The molecule has 2 rings (SSSR count). The number of nitrogens with two attached hydrogens (primary N) is 1. The number of hydrazine groups is 1. The summed E-state index contributed by atoms with van der Waals surface area (Å²) in [7, 11) is 1.71. The molecule has 1 aromatic heterocycles. The van der Waals surface area contributed by atoms with Gasteiger partial charge in [-0.25, -0.2) is 5.01 Å². The number of hydrogen-bond acceptors (Lipinski definition) is 4. The van der Waals surface area contributed by atoms with Crippen LogP contribution in [0.3, 0.4) is 0 Å². The highest BCUT2D eigenvalue weighted by molar-refractivity contribution is 4.90. The van der Waals surface area contributed by atoms with Gasteiger partial charge in [-0.2, -0.15) is 5.10 Å². The van der Waals surface area contributed by atoms with Gasteiger partial charge in [0.05, 0.1) is 12.1 Å². The van der Waals surface area contributed by atoms with Gasteiger partial charge in [0.15, 0.2) is 0 Å². The minimum Gasteiger partial charge on any atom is -0.378 e. The third-order valence-electron chi connectivity index (χ3n) is 2.43. The van der Waals surface area contributed by atoms with Gasteiger partial charge in [-0.3, -0.25) is 10.5 Å². The molecule has 0 spiro atoms. The average Bonchev–Trinajstić information content (AvgIpc) is 2.71. The summed E-state index contributed by atoms with van der Waals surface area (Å²) in [4.78, 5) is 0. The summed E-state index contributed by atoms with van der Waals surface area (Å²) in [6.45, 7) is 1.56. The molecule has 0 aliphatic carbocycles. The lowest BCUT2D eigenvalue weighted by Gasteiger charge is -2.16. The van der Waals surface area contributed by atoms with E-state index < -0.39 is 0 Å². The van der Waals surface area contributed by atoms with E-state index in [0.717, 1.165) is 13.1 Å². The van der Waals surface area contributed by atoms with E-state index >= 15 is 0 Å². The second-order valence-electron chi connectivity index (χ2n) is 3.28. The highest BCUT2D eigenvalue weighted by Crippen LogP contribution is 2.20. The van der Waals surface area contributed by atoms with E-state index in [4.69, 9.17) is 10.6 Å². The van der Waals surface area contributed by atoms with Crippen molar-refractivity contribution < 1.29 is 4.74 Å². The van der Waals surface area contributed by atoms with Crippen LogP contribution in [-0.4, -0.2) is 41.1 Å². The number of rotatable bonds is 2. The molecule has 13 heavy (non-hydrogen) atoms. The summed E-state index contributed by atoms with van der Waals surface area (Å²) < 4.78 is 7.24. The van der Waals surface area contributed by atoms with E-state index in [1.165, 1.54) is 0 Å². The topological polar surface area (TPSA) is 56.3 Å². The predicted molar refractivity (Wildman–Crippen MR) is 47.8 cm³/mol. The fourth-order valence-electron chi connectivity index (χ4n) is 1.75. The van der Waals surface area contributed by atoms with Crippen LogP contribution in [0.2, 0.25) is 0 Å². The molecule has 0 bridgehead atoms. The number of nitrogens with zero attached hydrogens (tertiary/aromatic N) is 3. The Balaban J connectivity index is 2.14. The maximum absolute atomic E-state index is 5.71. The quantitative estimate of drug-likeness (QED) is 0.634. The third-order valence-corrected chi connectivity index (χ3v) is 2.43.